The summed E-state index contributed by atoms with van der Waals surface area (Å²) in [5, 5.41) is 0. The van der Waals surface area contributed by atoms with Crippen molar-refractivity contribution in [2.45, 2.75) is 19.0 Å². The van der Waals surface area contributed by atoms with E-state index in [4.69, 9.17) is 6.42 Å². The number of fused-ring (bicyclic) bond motifs is 1. The first-order valence-corrected chi connectivity index (χ1v) is 9.64. The Morgan fingerprint density at radius 2 is 1.91 bits per heavy atom. The molecule has 2 aromatic carbocycles. The standard InChI is InChI=1S/C26H15F3N2O/c1-2-17-12-20-22(24(29)13-17)16-31(26(20)32)25(21-14-19(27)8-9-23(21)28)7-5-3-4-6-18-10-11-30-15-18/h1,8-15,25,30H,7,16H2. The van der Waals surface area contributed by atoms with Gasteiger partial charge in [0.2, 0.25) is 0 Å². The smallest absolute Gasteiger partial charge is 0.255 e. The highest BCUT2D eigenvalue weighted by molar-refractivity contribution is 5.99. The molecule has 156 valence electrons. The normalized spacial score (nSPS) is 12.8. The molecule has 0 spiro atoms. The Balaban J connectivity index is 1.69. The molecule has 0 saturated heterocycles. The van der Waals surface area contributed by atoms with E-state index in [9.17, 15) is 18.0 Å². The van der Waals surface area contributed by atoms with Gasteiger partial charge in [0.1, 0.15) is 17.5 Å². The van der Waals surface area contributed by atoms with E-state index in [2.05, 4.69) is 34.6 Å². The Labute approximate surface area is 183 Å². The molecule has 1 aliphatic rings. The minimum Gasteiger partial charge on any atom is -0.367 e. The molecule has 0 saturated carbocycles. The van der Waals surface area contributed by atoms with Crippen molar-refractivity contribution in [1.82, 2.24) is 9.88 Å². The second kappa shape index (κ2) is 8.80. The maximum absolute atomic E-state index is 14.6. The van der Waals surface area contributed by atoms with Crippen molar-refractivity contribution in [2.75, 3.05) is 0 Å². The second-order valence-corrected chi connectivity index (χ2v) is 7.10. The quantitative estimate of drug-likeness (QED) is 0.611. The van der Waals surface area contributed by atoms with Gasteiger partial charge in [-0.25, -0.2) is 13.2 Å². The lowest BCUT2D eigenvalue weighted by atomic mass is 10.0. The number of aromatic amines is 1. The van der Waals surface area contributed by atoms with E-state index >= 15 is 0 Å². The number of terminal acetylenes is 1. The van der Waals surface area contributed by atoms with Crippen LogP contribution in [0.25, 0.3) is 0 Å². The predicted molar refractivity (Wildman–Crippen MR) is 113 cm³/mol. The molecule has 6 heteroatoms. The van der Waals surface area contributed by atoms with E-state index in [1.54, 1.807) is 18.5 Å². The first-order chi connectivity index (χ1) is 15.5. The Bertz CT molecular complexity index is 1360. The van der Waals surface area contributed by atoms with Crippen molar-refractivity contribution in [3.05, 3.63) is 94.1 Å². The van der Waals surface area contributed by atoms with Crippen molar-refractivity contribution in [1.29, 1.82) is 0 Å². The van der Waals surface area contributed by atoms with E-state index in [-0.39, 0.29) is 35.2 Å². The zero-order valence-corrected chi connectivity index (χ0v) is 16.7. The van der Waals surface area contributed by atoms with Crippen molar-refractivity contribution in [2.24, 2.45) is 0 Å². The molecule has 0 aliphatic carbocycles. The van der Waals surface area contributed by atoms with Crippen LogP contribution < -0.4 is 0 Å². The molecule has 3 nitrogen and oxygen atoms in total. The number of H-pyrrole nitrogens is 1. The molecule has 1 aliphatic heterocycles. The number of hydrogen-bond donors (Lipinski definition) is 1. The molecule has 32 heavy (non-hydrogen) atoms. The number of halogens is 3. The van der Waals surface area contributed by atoms with E-state index < -0.39 is 29.4 Å². The fraction of sp³-hybridized carbons (Fsp3) is 0.115. The van der Waals surface area contributed by atoms with Crippen molar-refractivity contribution in [3.63, 3.8) is 0 Å². The predicted octanol–water partition coefficient (Wildman–Crippen LogP) is 4.56. The molecule has 0 fully saturated rings. The molecule has 2 heterocycles. The fourth-order valence-electron chi connectivity index (χ4n) is 3.57. The zero-order chi connectivity index (χ0) is 22.7. The van der Waals surface area contributed by atoms with Gasteiger partial charge >= 0.3 is 0 Å². The third-order valence-corrected chi connectivity index (χ3v) is 5.13. The Morgan fingerprint density at radius 3 is 2.66 bits per heavy atom. The van der Waals surface area contributed by atoms with Crippen LogP contribution in [-0.4, -0.2) is 15.8 Å². The van der Waals surface area contributed by atoms with Gasteiger partial charge in [0.05, 0.1) is 12.6 Å². The van der Waals surface area contributed by atoms with Crippen LogP contribution in [0, 0.1) is 53.5 Å². The first kappa shape index (κ1) is 20.9. The average molecular weight is 428 g/mol. The Kier molecular flexibility index (Phi) is 5.75. The third kappa shape index (κ3) is 4.10. The lowest BCUT2D eigenvalue weighted by molar-refractivity contribution is 0.0700. The molecule has 1 N–H and O–H groups in total. The van der Waals surface area contributed by atoms with Gasteiger partial charge < -0.3 is 9.88 Å². The van der Waals surface area contributed by atoms with Crippen LogP contribution in [-0.2, 0) is 6.54 Å². The summed E-state index contributed by atoms with van der Waals surface area (Å²) in [7, 11) is 0. The molecule has 1 aromatic heterocycles. The monoisotopic (exact) mass is 428 g/mol. The Hall–Kier alpha value is -4.34. The average Bonchev–Trinajstić information content (AvgIpc) is 3.41. The summed E-state index contributed by atoms with van der Waals surface area (Å²) >= 11 is 0. The van der Waals surface area contributed by atoms with E-state index in [0.29, 0.717) is 0 Å². The van der Waals surface area contributed by atoms with Gasteiger partial charge in [-0.3, -0.25) is 4.79 Å². The molecule has 4 rings (SSSR count). The first-order valence-electron chi connectivity index (χ1n) is 9.64. The number of nitrogens with one attached hydrogen (secondary N) is 1. The van der Waals surface area contributed by atoms with Gasteiger partial charge in [-0.15, -0.1) is 6.42 Å². The van der Waals surface area contributed by atoms with E-state index in [1.165, 1.54) is 17.0 Å². The number of carbonyl (C=O) groups excluding carboxylic acids is 1. The molecule has 0 bridgehead atoms. The fourth-order valence-corrected chi connectivity index (χ4v) is 3.57. The summed E-state index contributed by atoms with van der Waals surface area (Å²) < 4.78 is 43.0. The zero-order valence-electron chi connectivity index (χ0n) is 16.7. The van der Waals surface area contributed by atoms with Gasteiger partial charge in [0, 0.05) is 46.6 Å². The van der Waals surface area contributed by atoms with Crippen LogP contribution >= 0.6 is 0 Å². The maximum atomic E-state index is 14.6. The molecular weight excluding hydrogens is 413 g/mol. The van der Waals surface area contributed by atoms with Crippen LogP contribution in [0.4, 0.5) is 13.2 Å². The summed E-state index contributed by atoms with van der Waals surface area (Å²) in [6, 6.07) is 6.43. The third-order valence-electron chi connectivity index (χ3n) is 5.13. The van der Waals surface area contributed by atoms with Crippen LogP contribution in [0.5, 0.6) is 0 Å². The molecular formula is C26H15F3N2O. The van der Waals surface area contributed by atoms with Crippen LogP contribution in [0.15, 0.2) is 48.8 Å². The Morgan fingerprint density at radius 1 is 1.06 bits per heavy atom. The van der Waals surface area contributed by atoms with Gasteiger partial charge in [-0.1, -0.05) is 17.8 Å². The SMILES string of the molecule is C#Cc1cc(F)c2c(c1)C(=O)N(C(CC#CC#Cc1cc[nH]c1)c1cc(F)ccc1F)C2. The summed E-state index contributed by atoms with van der Waals surface area (Å²) in [5.41, 5.74) is 1.20. The number of amides is 1. The maximum Gasteiger partial charge on any atom is 0.255 e. The summed E-state index contributed by atoms with van der Waals surface area (Å²) in [6.07, 6.45) is 8.75. The topological polar surface area (TPSA) is 36.1 Å². The highest BCUT2D eigenvalue weighted by Crippen LogP contribution is 2.36. The number of benzene rings is 2. The number of aromatic nitrogens is 1. The van der Waals surface area contributed by atoms with Gasteiger partial charge in [-0.05, 0) is 48.2 Å². The molecule has 3 aromatic rings. The lowest BCUT2D eigenvalue weighted by Gasteiger charge is -2.27. The van der Waals surface area contributed by atoms with E-state index in [1.807, 2.05) is 0 Å². The van der Waals surface area contributed by atoms with Crippen LogP contribution in [0.3, 0.4) is 0 Å². The highest BCUT2D eigenvalue weighted by Gasteiger charge is 2.36. The minimum atomic E-state index is -0.944. The summed E-state index contributed by atoms with van der Waals surface area (Å²) in [6.45, 7) is -0.109. The summed E-state index contributed by atoms with van der Waals surface area (Å²) in [5.74, 6) is 10.8. The largest absolute Gasteiger partial charge is 0.367 e. The van der Waals surface area contributed by atoms with Crippen LogP contribution in [0.2, 0.25) is 0 Å². The highest BCUT2D eigenvalue weighted by atomic mass is 19.1. The number of carbonyl (C=O) groups is 1. The van der Waals surface area contributed by atoms with Gasteiger partial charge in [-0.2, -0.15) is 0 Å². The van der Waals surface area contributed by atoms with Crippen LogP contribution in [0.1, 0.15) is 45.1 Å². The number of nitrogens with zero attached hydrogens (tertiary/aromatic N) is 1. The van der Waals surface area contributed by atoms with Crippen molar-refractivity contribution >= 4 is 5.91 Å². The van der Waals surface area contributed by atoms with Crippen molar-refractivity contribution < 1.29 is 18.0 Å². The molecule has 1 atom stereocenters. The van der Waals surface area contributed by atoms with E-state index in [0.717, 1.165) is 23.8 Å². The number of rotatable bonds is 3. The molecule has 0 radical (unpaired) electrons. The molecule has 1 unspecified atom stereocenters. The minimum absolute atomic E-state index is 0.0223. The van der Waals surface area contributed by atoms with Crippen molar-refractivity contribution in [3.8, 4) is 36.0 Å². The molecule has 1 amide bonds. The second-order valence-electron chi connectivity index (χ2n) is 7.10. The van der Waals surface area contributed by atoms with Gasteiger partial charge in [0.15, 0.2) is 0 Å². The summed E-state index contributed by atoms with van der Waals surface area (Å²) in [4.78, 5) is 17.2. The number of hydrogen-bond acceptors (Lipinski definition) is 1. The lowest BCUT2D eigenvalue weighted by Crippen LogP contribution is -2.29. The van der Waals surface area contributed by atoms with Gasteiger partial charge in [0.25, 0.3) is 5.91 Å².